The van der Waals surface area contributed by atoms with E-state index in [9.17, 15) is 44.7 Å². The fraction of sp³-hybridized carbons (Fsp3) is 0.667. The van der Waals surface area contributed by atoms with E-state index in [1.165, 1.54) is 32.9 Å². The fourth-order valence-corrected chi connectivity index (χ4v) is 8.71. The number of amides is 1. The minimum atomic E-state index is -2.26. The first-order valence-electron chi connectivity index (χ1n) is 16.6. The number of rotatable bonds is 6. The van der Waals surface area contributed by atoms with Crippen LogP contribution in [0.3, 0.4) is 0 Å². The van der Waals surface area contributed by atoms with Gasteiger partial charge < -0.3 is 45.1 Å². The van der Waals surface area contributed by atoms with E-state index in [1.54, 1.807) is 52.8 Å². The molecule has 1 heterocycles. The van der Waals surface area contributed by atoms with Crippen molar-refractivity contribution < 1.29 is 147 Å². The quantitative estimate of drug-likeness (QED) is 0.174. The van der Waals surface area contributed by atoms with Gasteiger partial charge in [0, 0.05) is 119 Å². The van der Waals surface area contributed by atoms with Crippen molar-refractivity contribution in [3.8, 4) is 0 Å². The van der Waals surface area contributed by atoms with Gasteiger partial charge in [-0.1, -0.05) is 52.8 Å². The van der Waals surface area contributed by atoms with Crippen LogP contribution in [-0.4, -0.2) is 110 Å². The van der Waals surface area contributed by atoms with Crippen molar-refractivity contribution in [2.75, 3.05) is 6.61 Å². The van der Waals surface area contributed by atoms with Gasteiger partial charge in [0.25, 0.3) is 0 Å². The van der Waals surface area contributed by atoms with E-state index in [-0.39, 0.29) is 118 Å². The molecule has 1 aromatic carbocycles. The predicted octanol–water partition coefficient (Wildman–Crippen LogP) is 0.974. The number of nitrogens with one attached hydrogen (secondary N) is 1. The Morgan fingerprint density at radius 1 is 1.02 bits per heavy atom. The molecule has 2 radical (unpaired) electrons. The van der Waals surface area contributed by atoms with Crippen LogP contribution in [0.25, 0.3) is 0 Å². The fourth-order valence-electron chi connectivity index (χ4n) is 8.71. The van der Waals surface area contributed by atoms with E-state index in [1.807, 2.05) is 0 Å². The Kier molecular flexibility index (Phi) is 13.9. The van der Waals surface area contributed by atoms with E-state index in [4.69, 9.17) is 14.2 Å². The average molecular weight is 1140 g/mol. The molecule has 1 amide bonds. The van der Waals surface area contributed by atoms with Crippen molar-refractivity contribution in [3.05, 3.63) is 47.0 Å². The summed E-state index contributed by atoms with van der Waals surface area (Å²) >= 11 is 0. The molecule has 1 saturated heterocycles. The molecule has 4 aliphatic rings. The van der Waals surface area contributed by atoms with Crippen LogP contribution in [-0.2, 0) is 28.6 Å². The molecule has 3 fully saturated rings. The number of hydrogen-bond acceptors (Lipinski definition) is 12. The van der Waals surface area contributed by atoms with Gasteiger partial charge in [0.2, 0.25) is 5.91 Å². The van der Waals surface area contributed by atoms with E-state index >= 15 is 0 Å². The van der Waals surface area contributed by atoms with Crippen LogP contribution in [0.2, 0.25) is 0 Å². The number of aliphatic hydroxyl groups excluding tert-OH is 3. The topological polar surface area (TPSA) is 209 Å². The van der Waals surface area contributed by atoms with Gasteiger partial charge in [0.15, 0.2) is 11.9 Å². The first kappa shape index (κ1) is 45.1. The molecule has 6 N–H and O–H groups in total. The van der Waals surface area contributed by atoms with Gasteiger partial charge >= 0.3 is 11.9 Å². The summed E-state index contributed by atoms with van der Waals surface area (Å²) in [6.45, 7) is 12.1. The Morgan fingerprint density at radius 2 is 1.61 bits per heavy atom. The predicted molar refractivity (Wildman–Crippen MR) is 173 cm³/mol. The number of aliphatic hydroxyl groups is 5. The molecule has 2 saturated carbocycles. The molecule has 15 heteroatoms. The number of benzene rings is 1. The number of esters is 2. The van der Waals surface area contributed by atoms with Crippen molar-refractivity contribution in [3.63, 3.8) is 0 Å². The molecule has 3 aliphatic carbocycles. The van der Waals surface area contributed by atoms with Crippen LogP contribution >= 0.6 is 0 Å². The first-order chi connectivity index (χ1) is 22.5. The van der Waals surface area contributed by atoms with Crippen molar-refractivity contribution in [2.24, 2.45) is 22.2 Å². The maximum absolute atomic E-state index is 14.6. The average Bonchev–Trinajstić information content (AvgIpc) is 3.01. The minimum absolute atomic E-state index is 0. The number of hydrogen-bond donors (Lipinski definition) is 6. The van der Waals surface area contributed by atoms with Crippen LogP contribution in [0.15, 0.2) is 41.5 Å². The summed E-state index contributed by atoms with van der Waals surface area (Å²) in [4.78, 5) is 53.9. The number of ketones is 1. The van der Waals surface area contributed by atoms with Crippen molar-refractivity contribution in [2.45, 2.75) is 122 Å². The molecule has 0 aromatic heterocycles. The second-order valence-electron chi connectivity index (χ2n) is 16.0. The molecule has 276 valence electrons. The summed E-state index contributed by atoms with van der Waals surface area (Å²) in [7, 11) is 0. The molecular weight excluding hydrogens is 1090 g/mol. The Bertz CT molecular complexity index is 1560. The summed E-state index contributed by atoms with van der Waals surface area (Å²) in [5.41, 5.74) is -8.10. The Balaban J connectivity index is 0.00000351. The van der Waals surface area contributed by atoms with E-state index < -0.39 is 106 Å². The van der Waals surface area contributed by atoms with Crippen LogP contribution in [0.4, 0.5) is 0 Å². The first-order valence-corrected chi connectivity index (χ1v) is 16.6. The largest absolute Gasteiger partial charge is 0.456 e. The van der Waals surface area contributed by atoms with E-state index in [0.29, 0.717) is 0 Å². The maximum atomic E-state index is 14.6. The zero-order chi connectivity index (χ0) is 36.6. The van der Waals surface area contributed by atoms with E-state index in [2.05, 4.69) is 5.32 Å². The van der Waals surface area contributed by atoms with Crippen LogP contribution < -0.4 is 5.32 Å². The number of carbonyl (C=O) groups excluding carboxylic acids is 4. The zero-order valence-corrected chi connectivity index (χ0v) is 39.9. The molecular formula is C36H49Ac2NO12. The molecule has 5 rings (SSSR count). The number of Topliss-reactive ketones (excluding diaryl/α,β-unsaturated/α-hetero) is 1. The van der Waals surface area contributed by atoms with Gasteiger partial charge in [0.05, 0.1) is 35.8 Å². The van der Waals surface area contributed by atoms with Crippen molar-refractivity contribution in [1.82, 2.24) is 5.32 Å². The van der Waals surface area contributed by atoms with Gasteiger partial charge in [-0.15, -0.1) is 0 Å². The maximum Gasteiger partial charge on any atom is 0.338 e. The molecule has 13 nitrogen and oxygen atoms in total. The summed E-state index contributed by atoms with van der Waals surface area (Å²) < 4.78 is 17.6. The normalized spacial score (nSPS) is 36.5. The monoisotopic (exact) mass is 1140 g/mol. The third kappa shape index (κ3) is 7.38. The number of ether oxygens (including phenoxy) is 3. The summed E-state index contributed by atoms with van der Waals surface area (Å²) in [6, 6.07) is 6.85. The summed E-state index contributed by atoms with van der Waals surface area (Å²) in [5, 5.41) is 62.4. The molecule has 11 atom stereocenters. The third-order valence-electron chi connectivity index (χ3n) is 11.7. The molecule has 0 spiro atoms. The summed E-state index contributed by atoms with van der Waals surface area (Å²) in [5.74, 6) is -4.88. The summed E-state index contributed by atoms with van der Waals surface area (Å²) in [6.07, 6.45) is -9.92. The molecule has 1 aromatic rings. The standard InChI is InChI=1S/C36H49NO12.2Ac/c1-17-20(48-31(44)25(41)27(32(3,4)5)37-18(2)38)15-36(46)29(49-30(43)19-12-10-9-11-13-19)26-34(8,21(39)14-22-35(26,45)16-47-22)28(42)24(40)23(17)33(36,6)7;;/h9-13,20-22,24-27,29,39-41,45-46H,14-16H2,1-8H3,(H,37,38);;/t20?,21?,22?,24?,25?,26?,27-,29?,34-,35+,36?;;/m1../s1. The van der Waals surface area contributed by atoms with Crippen molar-refractivity contribution >= 4 is 23.6 Å². The SMILES string of the molecule is CC(=O)N[C@H](C(O)C(=O)OC1CC2(O)C(OC(=O)c3ccccc3)C3[C@]4(O)COC4CC(O)[C@@]3(C)C(=O)C(O)C(=C1C)C2(C)C)C(C)(C)C.[Ac].[Ac]. The minimum Gasteiger partial charge on any atom is -0.456 e. The molecule has 51 heavy (non-hydrogen) atoms. The molecule has 1 aliphatic heterocycles. The van der Waals surface area contributed by atoms with Gasteiger partial charge in [-0.25, -0.2) is 9.59 Å². The van der Waals surface area contributed by atoms with Crippen LogP contribution in [0.1, 0.15) is 78.6 Å². The molecule has 2 bridgehead atoms. The number of fused-ring (bicyclic) bond motifs is 5. The number of carbonyl (C=O) groups is 4. The van der Waals surface area contributed by atoms with Gasteiger partial charge in [0.1, 0.15) is 29.5 Å². The van der Waals surface area contributed by atoms with Crippen LogP contribution in [0, 0.1) is 110 Å². The second kappa shape index (κ2) is 15.7. The zero-order valence-electron chi connectivity index (χ0n) is 30.4. The third-order valence-corrected chi connectivity index (χ3v) is 11.7. The smallest absolute Gasteiger partial charge is 0.338 e. The van der Waals surface area contributed by atoms with Gasteiger partial charge in [-0.2, -0.15) is 0 Å². The van der Waals surface area contributed by atoms with Crippen LogP contribution in [0.5, 0.6) is 0 Å². The molecule has 8 unspecified atom stereocenters. The Morgan fingerprint density at radius 3 is 2.12 bits per heavy atom. The Labute approximate surface area is 369 Å². The second-order valence-corrected chi connectivity index (χ2v) is 16.0. The van der Waals surface area contributed by atoms with Gasteiger partial charge in [-0.3, -0.25) is 9.59 Å². The van der Waals surface area contributed by atoms with Crippen molar-refractivity contribution in [1.29, 1.82) is 0 Å². The van der Waals surface area contributed by atoms with Gasteiger partial charge in [-0.05, 0) is 42.5 Å². The van der Waals surface area contributed by atoms with E-state index in [0.717, 1.165) is 0 Å². The Hall–Kier alpha value is -0.317.